The standard InChI is InChI=1S/C20H27N3O2/c1-16-4-5-19(25-16)14-22-8-6-18-13-23(9-10-24-20(18)15-22)12-17-3-2-7-21-11-17/h2-5,7,11,18,20H,6,8-10,12-15H2,1H3/t18-,20+/m0/s1. The van der Waals surface area contributed by atoms with Gasteiger partial charge in [0.05, 0.1) is 19.3 Å². The first-order chi connectivity index (χ1) is 12.3. The van der Waals surface area contributed by atoms with Gasteiger partial charge in [-0.3, -0.25) is 14.8 Å². The number of aryl methyl sites for hydroxylation is 1. The molecule has 0 N–H and O–H groups in total. The number of nitrogens with zero attached hydrogens (tertiary/aromatic N) is 3. The van der Waals surface area contributed by atoms with Crippen LogP contribution < -0.4 is 0 Å². The van der Waals surface area contributed by atoms with Crippen LogP contribution in [0.2, 0.25) is 0 Å². The average molecular weight is 341 g/mol. The zero-order valence-corrected chi connectivity index (χ0v) is 14.9. The van der Waals surface area contributed by atoms with Gasteiger partial charge in [0.2, 0.25) is 0 Å². The molecule has 0 aromatic carbocycles. The van der Waals surface area contributed by atoms with Crippen molar-refractivity contribution in [3.8, 4) is 0 Å². The molecule has 2 aromatic heterocycles. The number of likely N-dealkylation sites (tertiary alicyclic amines) is 1. The third-order valence-corrected chi connectivity index (χ3v) is 5.32. The summed E-state index contributed by atoms with van der Waals surface area (Å²) in [7, 11) is 0. The molecule has 2 atom stereocenters. The van der Waals surface area contributed by atoms with Gasteiger partial charge in [0.25, 0.3) is 0 Å². The van der Waals surface area contributed by atoms with Crippen molar-refractivity contribution in [3.05, 3.63) is 53.7 Å². The topological polar surface area (TPSA) is 41.7 Å². The SMILES string of the molecule is Cc1ccc(CN2CC[C@H]3CN(Cc4cccnc4)CCO[C@@H]3C2)o1. The molecule has 2 aromatic rings. The second-order valence-corrected chi connectivity index (χ2v) is 7.30. The second kappa shape index (κ2) is 7.68. The van der Waals surface area contributed by atoms with Crippen molar-refractivity contribution in [1.82, 2.24) is 14.8 Å². The predicted molar refractivity (Wildman–Crippen MR) is 96.1 cm³/mol. The molecule has 2 aliphatic rings. The molecule has 4 rings (SSSR count). The number of fused-ring (bicyclic) bond motifs is 1. The number of aromatic nitrogens is 1. The number of piperidine rings is 1. The van der Waals surface area contributed by atoms with E-state index >= 15 is 0 Å². The van der Waals surface area contributed by atoms with Gasteiger partial charge in [0, 0.05) is 44.5 Å². The Hall–Kier alpha value is -1.69. The first-order valence-corrected chi connectivity index (χ1v) is 9.27. The predicted octanol–water partition coefficient (Wildman–Crippen LogP) is 2.71. The molecule has 0 spiro atoms. The minimum atomic E-state index is 0.337. The maximum absolute atomic E-state index is 6.22. The summed E-state index contributed by atoms with van der Waals surface area (Å²) in [6.07, 6.45) is 5.33. The van der Waals surface area contributed by atoms with Gasteiger partial charge in [0.1, 0.15) is 11.5 Å². The largest absolute Gasteiger partial charge is 0.465 e. The van der Waals surface area contributed by atoms with E-state index in [4.69, 9.17) is 9.15 Å². The first-order valence-electron chi connectivity index (χ1n) is 9.27. The summed E-state index contributed by atoms with van der Waals surface area (Å²) >= 11 is 0. The van der Waals surface area contributed by atoms with Gasteiger partial charge in [0.15, 0.2) is 0 Å². The number of ether oxygens (including phenoxy) is 1. The highest BCUT2D eigenvalue weighted by molar-refractivity contribution is 5.08. The first kappa shape index (κ1) is 16.8. The Morgan fingerprint density at radius 3 is 2.84 bits per heavy atom. The summed E-state index contributed by atoms with van der Waals surface area (Å²) in [5, 5.41) is 0. The van der Waals surface area contributed by atoms with Crippen molar-refractivity contribution < 1.29 is 9.15 Å². The van der Waals surface area contributed by atoms with Crippen LogP contribution in [0.1, 0.15) is 23.5 Å². The van der Waals surface area contributed by atoms with Crippen molar-refractivity contribution in [3.63, 3.8) is 0 Å². The van der Waals surface area contributed by atoms with Crippen LogP contribution in [-0.4, -0.2) is 53.7 Å². The summed E-state index contributed by atoms with van der Waals surface area (Å²) < 4.78 is 12.0. The van der Waals surface area contributed by atoms with Crippen molar-refractivity contribution >= 4 is 0 Å². The van der Waals surface area contributed by atoms with Gasteiger partial charge in [-0.2, -0.15) is 0 Å². The molecule has 2 fully saturated rings. The van der Waals surface area contributed by atoms with E-state index in [1.54, 1.807) is 0 Å². The fraction of sp³-hybridized carbons (Fsp3) is 0.550. The fourth-order valence-corrected chi connectivity index (χ4v) is 4.01. The Morgan fingerprint density at radius 1 is 1.12 bits per heavy atom. The summed E-state index contributed by atoms with van der Waals surface area (Å²) in [5.41, 5.74) is 1.28. The van der Waals surface area contributed by atoms with Crippen molar-refractivity contribution in [2.24, 2.45) is 5.92 Å². The summed E-state index contributed by atoms with van der Waals surface area (Å²) in [5.74, 6) is 2.66. The molecule has 5 nitrogen and oxygen atoms in total. The van der Waals surface area contributed by atoms with Crippen LogP contribution in [0.15, 0.2) is 41.1 Å². The molecule has 0 saturated carbocycles. The van der Waals surface area contributed by atoms with Gasteiger partial charge in [-0.05, 0) is 43.7 Å². The molecule has 134 valence electrons. The van der Waals surface area contributed by atoms with Crippen LogP contribution in [-0.2, 0) is 17.8 Å². The van der Waals surface area contributed by atoms with Crippen LogP contribution in [0.3, 0.4) is 0 Å². The van der Waals surface area contributed by atoms with Crippen LogP contribution in [0.5, 0.6) is 0 Å². The molecular weight excluding hydrogens is 314 g/mol. The molecule has 0 unspecified atom stereocenters. The summed E-state index contributed by atoms with van der Waals surface area (Å²) in [4.78, 5) is 9.22. The van der Waals surface area contributed by atoms with Crippen molar-refractivity contribution in [2.45, 2.75) is 32.5 Å². The lowest BCUT2D eigenvalue weighted by atomic mass is 9.93. The Bertz CT molecular complexity index is 673. The summed E-state index contributed by atoms with van der Waals surface area (Å²) in [6.45, 7) is 8.91. The Labute approximate surface area is 149 Å². The van der Waals surface area contributed by atoms with Crippen LogP contribution in [0.4, 0.5) is 0 Å². The van der Waals surface area contributed by atoms with Gasteiger partial charge in [-0.1, -0.05) is 6.07 Å². The van der Waals surface area contributed by atoms with Gasteiger partial charge >= 0.3 is 0 Å². The number of furan rings is 1. The molecule has 0 bridgehead atoms. The Morgan fingerprint density at radius 2 is 2.04 bits per heavy atom. The average Bonchev–Trinajstić information content (AvgIpc) is 2.91. The monoisotopic (exact) mass is 341 g/mol. The lowest BCUT2D eigenvalue weighted by molar-refractivity contribution is -0.0256. The molecule has 5 heteroatoms. The molecule has 2 saturated heterocycles. The highest BCUT2D eigenvalue weighted by Crippen LogP contribution is 2.26. The van der Waals surface area contributed by atoms with E-state index in [-0.39, 0.29) is 0 Å². The zero-order chi connectivity index (χ0) is 17.1. The van der Waals surface area contributed by atoms with Gasteiger partial charge in [-0.25, -0.2) is 0 Å². The molecule has 25 heavy (non-hydrogen) atoms. The molecule has 2 aliphatic heterocycles. The second-order valence-electron chi connectivity index (χ2n) is 7.30. The van der Waals surface area contributed by atoms with Crippen LogP contribution >= 0.6 is 0 Å². The zero-order valence-electron chi connectivity index (χ0n) is 14.9. The molecule has 4 heterocycles. The van der Waals surface area contributed by atoms with E-state index in [1.807, 2.05) is 31.5 Å². The van der Waals surface area contributed by atoms with Gasteiger partial charge < -0.3 is 9.15 Å². The van der Waals surface area contributed by atoms with E-state index in [0.29, 0.717) is 12.0 Å². The maximum Gasteiger partial charge on any atom is 0.118 e. The highest BCUT2D eigenvalue weighted by atomic mass is 16.5. The van der Waals surface area contributed by atoms with E-state index in [2.05, 4.69) is 26.9 Å². The minimum absolute atomic E-state index is 0.337. The van der Waals surface area contributed by atoms with Crippen LogP contribution in [0, 0.1) is 12.8 Å². The van der Waals surface area contributed by atoms with Crippen molar-refractivity contribution in [2.75, 3.05) is 32.8 Å². The van der Waals surface area contributed by atoms with Crippen LogP contribution in [0.25, 0.3) is 0 Å². The maximum atomic E-state index is 6.22. The molecule has 0 aliphatic carbocycles. The lowest BCUT2D eigenvalue weighted by Gasteiger charge is -2.37. The quantitative estimate of drug-likeness (QED) is 0.855. The minimum Gasteiger partial charge on any atom is -0.465 e. The lowest BCUT2D eigenvalue weighted by Crippen LogP contribution is -2.46. The fourth-order valence-electron chi connectivity index (χ4n) is 4.01. The van der Waals surface area contributed by atoms with E-state index < -0.39 is 0 Å². The van der Waals surface area contributed by atoms with E-state index in [1.165, 1.54) is 12.0 Å². The van der Waals surface area contributed by atoms with Gasteiger partial charge in [-0.15, -0.1) is 0 Å². The Kier molecular flexibility index (Phi) is 5.15. The number of pyridine rings is 1. The van der Waals surface area contributed by atoms with Crippen molar-refractivity contribution in [1.29, 1.82) is 0 Å². The highest BCUT2D eigenvalue weighted by Gasteiger charge is 2.33. The summed E-state index contributed by atoms with van der Waals surface area (Å²) in [6, 6.07) is 8.30. The molecule has 0 radical (unpaired) electrons. The normalized spacial score (nSPS) is 25.5. The molecular formula is C20H27N3O2. The van der Waals surface area contributed by atoms with E-state index in [9.17, 15) is 0 Å². The third kappa shape index (κ3) is 4.29. The van der Waals surface area contributed by atoms with E-state index in [0.717, 1.165) is 57.4 Å². The Balaban J connectivity index is 1.34. The third-order valence-electron chi connectivity index (χ3n) is 5.32. The number of hydrogen-bond acceptors (Lipinski definition) is 5. The smallest absolute Gasteiger partial charge is 0.118 e. The number of rotatable bonds is 4. The molecule has 0 amide bonds. The number of hydrogen-bond donors (Lipinski definition) is 0.